The lowest BCUT2D eigenvalue weighted by Crippen LogP contribution is -2.33. The summed E-state index contributed by atoms with van der Waals surface area (Å²) in [6.07, 6.45) is 4.80. The molecule has 2 heteroatoms. The Morgan fingerprint density at radius 1 is 1.38 bits per heavy atom. The first-order valence-electron chi connectivity index (χ1n) is 5.29. The van der Waals surface area contributed by atoms with Crippen molar-refractivity contribution in [2.75, 3.05) is 0 Å². The summed E-state index contributed by atoms with van der Waals surface area (Å²) >= 11 is 0. The van der Waals surface area contributed by atoms with Crippen molar-refractivity contribution in [1.29, 1.82) is 0 Å². The molecule has 1 unspecified atom stereocenters. The van der Waals surface area contributed by atoms with E-state index < -0.39 is 11.4 Å². The zero-order valence-electron chi connectivity index (χ0n) is 9.02. The van der Waals surface area contributed by atoms with Crippen molar-refractivity contribution < 1.29 is 9.90 Å². The Morgan fingerprint density at radius 2 is 2.06 bits per heavy atom. The maximum atomic E-state index is 11.5. The van der Waals surface area contributed by atoms with Gasteiger partial charge < -0.3 is 5.11 Å². The Bertz CT molecular complexity index is 445. The molecule has 0 aromatic heterocycles. The molecule has 0 radical (unpaired) electrons. The van der Waals surface area contributed by atoms with Crippen molar-refractivity contribution in [2.24, 2.45) is 0 Å². The van der Waals surface area contributed by atoms with Crippen molar-refractivity contribution in [1.82, 2.24) is 0 Å². The van der Waals surface area contributed by atoms with Crippen LogP contribution in [0.25, 0.3) is 0 Å². The van der Waals surface area contributed by atoms with Gasteiger partial charge in [-0.3, -0.25) is 4.79 Å². The van der Waals surface area contributed by atoms with Crippen LogP contribution in [0.15, 0.2) is 54.6 Å². The lowest BCUT2D eigenvalue weighted by Gasteiger charge is -2.24. The van der Waals surface area contributed by atoms with Crippen molar-refractivity contribution in [2.45, 2.75) is 18.3 Å². The highest BCUT2D eigenvalue weighted by Gasteiger charge is 2.42. The molecular weight excluding hydrogens is 200 g/mol. The van der Waals surface area contributed by atoms with Gasteiger partial charge in [0.1, 0.15) is 5.41 Å². The molecule has 1 aliphatic rings. The minimum Gasteiger partial charge on any atom is -0.481 e. The summed E-state index contributed by atoms with van der Waals surface area (Å²) in [4.78, 5) is 11.5. The van der Waals surface area contributed by atoms with E-state index in [2.05, 4.69) is 6.58 Å². The number of hydrogen-bond acceptors (Lipinski definition) is 1. The first-order chi connectivity index (χ1) is 7.69. The molecule has 0 saturated heterocycles. The van der Waals surface area contributed by atoms with Crippen LogP contribution in [0.1, 0.15) is 18.4 Å². The number of carboxylic acid groups (broad SMARTS) is 1. The van der Waals surface area contributed by atoms with Gasteiger partial charge >= 0.3 is 5.97 Å². The molecule has 82 valence electrons. The van der Waals surface area contributed by atoms with Crippen molar-refractivity contribution in [3.8, 4) is 0 Å². The number of carboxylic acids is 1. The predicted molar refractivity (Wildman–Crippen MR) is 63.3 cm³/mol. The van der Waals surface area contributed by atoms with Crippen LogP contribution in [0.4, 0.5) is 0 Å². The zero-order valence-corrected chi connectivity index (χ0v) is 9.02. The molecular formula is C14H14O2. The van der Waals surface area contributed by atoms with E-state index in [9.17, 15) is 9.90 Å². The number of aliphatic carboxylic acids is 1. The van der Waals surface area contributed by atoms with Crippen LogP contribution < -0.4 is 0 Å². The van der Waals surface area contributed by atoms with Crippen molar-refractivity contribution >= 4 is 5.97 Å². The van der Waals surface area contributed by atoms with Crippen molar-refractivity contribution in [3.05, 3.63) is 60.2 Å². The second kappa shape index (κ2) is 3.97. The molecule has 0 spiro atoms. The minimum atomic E-state index is -0.787. The Morgan fingerprint density at radius 3 is 2.56 bits per heavy atom. The SMILES string of the molecule is C=CC1=CCC(C(=O)O)(c2ccccc2)C1. The third-order valence-corrected chi connectivity index (χ3v) is 3.22. The molecule has 0 heterocycles. The van der Waals surface area contributed by atoms with Gasteiger partial charge in [-0.25, -0.2) is 0 Å². The Hall–Kier alpha value is -1.83. The molecule has 1 atom stereocenters. The van der Waals surface area contributed by atoms with E-state index in [0.29, 0.717) is 12.8 Å². The van der Waals surface area contributed by atoms with Gasteiger partial charge in [0.05, 0.1) is 0 Å². The van der Waals surface area contributed by atoms with Crippen LogP contribution in [0.5, 0.6) is 0 Å². The Kier molecular flexibility index (Phi) is 2.65. The van der Waals surface area contributed by atoms with Crippen LogP contribution in [-0.4, -0.2) is 11.1 Å². The van der Waals surface area contributed by atoms with Gasteiger partial charge in [0.25, 0.3) is 0 Å². The first kappa shape index (κ1) is 10.7. The van der Waals surface area contributed by atoms with Crippen molar-refractivity contribution in [3.63, 3.8) is 0 Å². The van der Waals surface area contributed by atoms with Gasteiger partial charge in [0.15, 0.2) is 0 Å². The summed E-state index contributed by atoms with van der Waals surface area (Å²) in [5.74, 6) is -0.758. The topological polar surface area (TPSA) is 37.3 Å². The molecule has 0 bridgehead atoms. The minimum absolute atomic E-state index is 0.538. The lowest BCUT2D eigenvalue weighted by molar-refractivity contribution is -0.143. The molecule has 2 nitrogen and oxygen atoms in total. The summed E-state index contributed by atoms with van der Waals surface area (Å²) in [5, 5.41) is 9.46. The molecule has 1 N–H and O–H groups in total. The van der Waals surface area contributed by atoms with Gasteiger partial charge in [-0.05, 0) is 18.4 Å². The third kappa shape index (κ3) is 1.56. The van der Waals surface area contributed by atoms with Crippen LogP contribution in [0.3, 0.4) is 0 Å². The molecule has 0 saturated carbocycles. The summed E-state index contributed by atoms with van der Waals surface area (Å²) < 4.78 is 0. The largest absolute Gasteiger partial charge is 0.481 e. The summed E-state index contributed by atoms with van der Waals surface area (Å²) in [6, 6.07) is 9.43. The Balaban J connectivity index is 2.41. The van der Waals surface area contributed by atoms with Gasteiger partial charge in [-0.1, -0.05) is 54.6 Å². The average Bonchev–Trinajstić information content (AvgIpc) is 2.75. The molecule has 1 aliphatic carbocycles. The third-order valence-electron chi connectivity index (χ3n) is 3.22. The van der Waals surface area contributed by atoms with E-state index in [1.807, 2.05) is 36.4 Å². The molecule has 16 heavy (non-hydrogen) atoms. The number of carbonyl (C=O) groups is 1. The van der Waals surface area contributed by atoms with Crippen LogP contribution in [0.2, 0.25) is 0 Å². The fourth-order valence-corrected chi connectivity index (χ4v) is 2.22. The highest BCUT2D eigenvalue weighted by molar-refractivity contribution is 5.83. The second-order valence-corrected chi connectivity index (χ2v) is 4.12. The summed E-state index contributed by atoms with van der Waals surface area (Å²) in [6.45, 7) is 3.70. The molecule has 0 aliphatic heterocycles. The molecule has 2 rings (SSSR count). The van der Waals surface area contributed by atoms with E-state index in [-0.39, 0.29) is 0 Å². The van der Waals surface area contributed by atoms with E-state index >= 15 is 0 Å². The van der Waals surface area contributed by atoms with Crippen LogP contribution in [0, 0.1) is 0 Å². The molecule has 1 aromatic carbocycles. The van der Waals surface area contributed by atoms with Gasteiger partial charge in [-0.2, -0.15) is 0 Å². The van der Waals surface area contributed by atoms with Gasteiger partial charge in [-0.15, -0.1) is 0 Å². The standard InChI is InChI=1S/C14H14O2/c1-2-11-8-9-14(10-11,13(15)16)12-6-4-3-5-7-12/h2-8H,1,9-10H2,(H,15,16). The Labute approximate surface area is 94.9 Å². The maximum Gasteiger partial charge on any atom is 0.314 e. The average molecular weight is 214 g/mol. The zero-order chi connectivity index (χ0) is 11.6. The van der Waals surface area contributed by atoms with E-state index in [4.69, 9.17) is 0 Å². The fourth-order valence-electron chi connectivity index (χ4n) is 2.22. The summed E-state index contributed by atoms with van der Waals surface area (Å²) in [7, 11) is 0. The number of benzene rings is 1. The monoisotopic (exact) mass is 214 g/mol. The van der Waals surface area contributed by atoms with Crippen LogP contribution >= 0.6 is 0 Å². The smallest absolute Gasteiger partial charge is 0.314 e. The van der Waals surface area contributed by atoms with E-state index in [1.54, 1.807) is 6.08 Å². The van der Waals surface area contributed by atoms with Gasteiger partial charge in [0.2, 0.25) is 0 Å². The molecule has 1 aromatic rings. The lowest BCUT2D eigenvalue weighted by atomic mass is 9.77. The highest BCUT2D eigenvalue weighted by atomic mass is 16.4. The van der Waals surface area contributed by atoms with E-state index in [1.165, 1.54) is 0 Å². The molecule has 0 amide bonds. The van der Waals surface area contributed by atoms with E-state index in [0.717, 1.165) is 11.1 Å². The number of hydrogen-bond donors (Lipinski definition) is 1. The second-order valence-electron chi connectivity index (χ2n) is 4.12. The summed E-state index contributed by atoms with van der Waals surface area (Å²) in [5.41, 5.74) is 1.10. The normalized spacial score (nSPS) is 23.9. The first-order valence-corrected chi connectivity index (χ1v) is 5.29. The maximum absolute atomic E-state index is 11.5. The molecule has 0 fully saturated rings. The van der Waals surface area contributed by atoms with Crippen LogP contribution in [-0.2, 0) is 10.2 Å². The predicted octanol–water partition coefficient (Wildman–Crippen LogP) is 2.92. The quantitative estimate of drug-likeness (QED) is 0.840. The fraction of sp³-hybridized carbons (Fsp3) is 0.214. The number of rotatable bonds is 3. The highest BCUT2D eigenvalue weighted by Crippen LogP contribution is 2.41. The number of allylic oxidation sites excluding steroid dienone is 3. The van der Waals surface area contributed by atoms with Gasteiger partial charge in [0, 0.05) is 0 Å².